The van der Waals surface area contributed by atoms with Gasteiger partial charge in [0.1, 0.15) is 0 Å². The number of hydrogen-bond acceptors (Lipinski definition) is 3. The van der Waals surface area contributed by atoms with Gasteiger partial charge in [-0.25, -0.2) is 13.1 Å². The summed E-state index contributed by atoms with van der Waals surface area (Å²) < 4.78 is 105. The minimum absolute atomic E-state index is 0.120. The smallest absolute Gasteiger partial charge is 0.236 e. The Bertz CT molecular complexity index is 1230. The molecule has 0 amide bonds. The van der Waals surface area contributed by atoms with Gasteiger partial charge in [0.05, 0.1) is 33.7 Å². The predicted octanol–water partition coefficient (Wildman–Crippen LogP) is 5.68. The lowest BCUT2D eigenvalue weighted by Gasteiger charge is -2.15. The molecule has 0 aliphatic heterocycles. The van der Waals surface area contributed by atoms with E-state index in [4.69, 9.17) is 0 Å². The molecular weight excluding hydrogens is 446 g/mol. The number of halogens is 6. The lowest BCUT2D eigenvalue weighted by molar-refractivity contribution is -0.138. The fourth-order valence-electron chi connectivity index (χ4n) is 3.07. The highest BCUT2D eigenvalue weighted by atomic mass is 32.2. The van der Waals surface area contributed by atoms with Crippen LogP contribution in [0, 0.1) is 6.92 Å². The van der Waals surface area contributed by atoms with Gasteiger partial charge in [-0.3, -0.25) is 0 Å². The lowest BCUT2D eigenvalue weighted by Crippen LogP contribution is -2.14. The zero-order valence-electron chi connectivity index (χ0n) is 16.2. The van der Waals surface area contributed by atoms with Crippen molar-refractivity contribution in [1.29, 1.82) is 0 Å². The Balaban J connectivity index is 2.19. The van der Waals surface area contributed by atoms with Crippen molar-refractivity contribution in [3.05, 3.63) is 65.5 Å². The van der Waals surface area contributed by atoms with Crippen LogP contribution in [0.25, 0.3) is 16.8 Å². The van der Waals surface area contributed by atoms with Crippen molar-refractivity contribution in [1.82, 2.24) is 9.78 Å². The van der Waals surface area contributed by atoms with Gasteiger partial charge in [-0.05, 0) is 42.8 Å². The van der Waals surface area contributed by atoms with Gasteiger partial charge in [-0.15, -0.1) is 0 Å². The fraction of sp³-hybridized carbons (Fsp3) is 0.250. The molecular formula is C20H16F6N2O2S. The minimum atomic E-state index is -4.75. The van der Waals surface area contributed by atoms with E-state index in [1.165, 1.54) is 32.2 Å². The summed E-state index contributed by atoms with van der Waals surface area (Å²) in [6.45, 7) is 2.78. The number of rotatable bonds is 4. The second-order valence-electron chi connectivity index (χ2n) is 6.72. The summed E-state index contributed by atoms with van der Waals surface area (Å²) in [4.78, 5) is -0.563. The summed E-state index contributed by atoms with van der Waals surface area (Å²) in [5.74, 6) is -0.442. The molecule has 0 bridgehead atoms. The maximum Gasteiger partial charge on any atom is 0.416 e. The molecule has 1 heterocycles. The quantitative estimate of drug-likeness (QED) is 0.469. The van der Waals surface area contributed by atoms with E-state index in [9.17, 15) is 34.8 Å². The second-order valence-corrected chi connectivity index (χ2v) is 8.96. The Hall–Kier alpha value is -2.82. The van der Waals surface area contributed by atoms with E-state index in [0.29, 0.717) is 6.07 Å². The Morgan fingerprint density at radius 3 is 2.13 bits per heavy atom. The average molecular weight is 462 g/mol. The number of benzene rings is 2. The molecule has 4 nitrogen and oxygen atoms in total. The van der Waals surface area contributed by atoms with E-state index >= 15 is 0 Å². The van der Waals surface area contributed by atoms with Gasteiger partial charge < -0.3 is 0 Å². The van der Waals surface area contributed by atoms with Crippen LogP contribution in [0.1, 0.15) is 23.7 Å². The van der Waals surface area contributed by atoms with Gasteiger partial charge in [0.2, 0.25) is 0 Å². The van der Waals surface area contributed by atoms with E-state index in [1.807, 2.05) is 0 Å². The van der Waals surface area contributed by atoms with Gasteiger partial charge in [0.25, 0.3) is 0 Å². The molecule has 0 radical (unpaired) electrons. The lowest BCUT2D eigenvalue weighted by atomic mass is 10.0. The molecule has 0 aliphatic rings. The Kier molecular flexibility index (Phi) is 5.68. The number of nitrogens with zero attached hydrogens (tertiary/aromatic N) is 2. The predicted molar refractivity (Wildman–Crippen MR) is 101 cm³/mol. The van der Waals surface area contributed by atoms with Crippen LogP contribution in [0.15, 0.2) is 53.6 Å². The minimum Gasteiger partial charge on any atom is -0.236 e. The Morgan fingerprint density at radius 1 is 0.935 bits per heavy atom. The highest BCUT2D eigenvalue weighted by molar-refractivity contribution is 7.91. The summed E-state index contributed by atoms with van der Waals surface area (Å²) in [5, 5.41) is 4.04. The van der Waals surface area contributed by atoms with Gasteiger partial charge in [0.15, 0.2) is 9.84 Å². The summed E-state index contributed by atoms with van der Waals surface area (Å²) >= 11 is 0. The molecule has 0 spiro atoms. The van der Waals surface area contributed by atoms with E-state index in [1.54, 1.807) is 0 Å². The third-order valence-electron chi connectivity index (χ3n) is 4.74. The molecule has 0 fully saturated rings. The van der Waals surface area contributed by atoms with Crippen molar-refractivity contribution in [2.75, 3.05) is 5.75 Å². The van der Waals surface area contributed by atoms with Crippen LogP contribution in [0.5, 0.6) is 0 Å². The molecule has 0 aliphatic carbocycles. The normalized spacial score (nSPS) is 12.9. The number of alkyl halides is 6. The molecule has 31 heavy (non-hydrogen) atoms. The maximum atomic E-state index is 13.1. The molecule has 0 atom stereocenters. The molecule has 0 saturated heterocycles. The first-order chi connectivity index (χ1) is 14.3. The molecule has 3 rings (SSSR count). The van der Waals surface area contributed by atoms with Crippen molar-refractivity contribution < 1.29 is 34.8 Å². The SMILES string of the molecule is CCS(=O)(=O)c1cc(C(F)(F)F)ccc1-n1ncc(-c2cccc(C(F)(F)F)c2)c1C. The second kappa shape index (κ2) is 7.70. The number of sulfone groups is 1. The summed E-state index contributed by atoms with van der Waals surface area (Å²) in [6.07, 6.45) is -8.07. The number of hydrogen-bond donors (Lipinski definition) is 0. The zero-order valence-corrected chi connectivity index (χ0v) is 17.0. The van der Waals surface area contributed by atoms with E-state index in [-0.39, 0.29) is 22.5 Å². The van der Waals surface area contributed by atoms with Gasteiger partial charge in [-0.2, -0.15) is 31.4 Å². The zero-order chi connectivity index (χ0) is 23.2. The maximum absolute atomic E-state index is 13.1. The van der Waals surface area contributed by atoms with Crippen LogP contribution in [0.2, 0.25) is 0 Å². The van der Waals surface area contributed by atoms with Crippen molar-refractivity contribution in [3.8, 4) is 16.8 Å². The van der Waals surface area contributed by atoms with E-state index in [0.717, 1.165) is 28.9 Å². The van der Waals surface area contributed by atoms with Crippen LogP contribution in [-0.2, 0) is 22.2 Å². The topological polar surface area (TPSA) is 52.0 Å². The van der Waals surface area contributed by atoms with Gasteiger partial charge in [0, 0.05) is 11.3 Å². The highest BCUT2D eigenvalue weighted by Gasteiger charge is 2.33. The monoisotopic (exact) mass is 462 g/mol. The highest BCUT2D eigenvalue weighted by Crippen LogP contribution is 2.36. The third-order valence-corrected chi connectivity index (χ3v) is 6.50. The van der Waals surface area contributed by atoms with Crippen molar-refractivity contribution in [3.63, 3.8) is 0 Å². The molecule has 166 valence electrons. The summed E-state index contributed by atoms with van der Waals surface area (Å²) in [7, 11) is -4.07. The summed E-state index contributed by atoms with van der Waals surface area (Å²) in [6, 6.07) is 6.74. The van der Waals surface area contributed by atoms with Crippen LogP contribution < -0.4 is 0 Å². The first-order valence-electron chi connectivity index (χ1n) is 8.92. The molecule has 0 unspecified atom stereocenters. The largest absolute Gasteiger partial charge is 0.416 e. The van der Waals surface area contributed by atoms with Crippen molar-refractivity contribution in [2.45, 2.75) is 31.1 Å². The molecule has 1 aromatic heterocycles. The first-order valence-corrected chi connectivity index (χ1v) is 10.6. The molecule has 0 N–H and O–H groups in total. The molecule has 2 aromatic carbocycles. The van der Waals surface area contributed by atoms with E-state index in [2.05, 4.69) is 5.10 Å². The molecule has 3 aromatic rings. The number of aromatic nitrogens is 2. The van der Waals surface area contributed by atoms with Crippen molar-refractivity contribution in [2.24, 2.45) is 0 Å². The van der Waals surface area contributed by atoms with Crippen LogP contribution in [0.4, 0.5) is 26.3 Å². The van der Waals surface area contributed by atoms with E-state index < -0.39 is 44.0 Å². The standard InChI is InChI=1S/C20H16F6N2O2S/c1-3-31(29,30)18-10-15(20(24,25)26)7-8-17(18)28-12(2)16(11-27-28)13-5-4-6-14(9-13)19(21,22)23/h4-11H,3H2,1-2H3. The van der Waals surface area contributed by atoms with Crippen LogP contribution >= 0.6 is 0 Å². The van der Waals surface area contributed by atoms with Gasteiger partial charge >= 0.3 is 12.4 Å². The molecule has 11 heteroatoms. The van der Waals surface area contributed by atoms with Crippen LogP contribution in [0.3, 0.4) is 0 Å². The Morgan fingerprint density at radius 2 is 1.55 bits per heavy atom. The third kappa shape index (κ3) is 4.46. The van der Waals surface area contributed by atoms with Crippen LogP contribution in [-0.4, -0.2) is 24.0 Å². The van der Waals surface area contributed by atoms with Gasteiger partial charge in [-0.1, -0.05) is 19.1 Å². The Labute approximate surface area is 174 Å². The summed E-state index contributed by atoms with van der Waals surface area (Å²) in [5.41, 5.74) is -1.39. The average Bonchev–Trinajstić information content (AvgIpc) is 3.07. The first kappa shape index (κ1) is 22.9. The molecule has 0 saturated carbocycles. The fourth-order valence-corrected chi connectivity index (χ4v) is 4.16. The van der Waals surface area contributed by atoms with Crippen molar-refractivity contribution >= 4 is 9.84 Å².